The van der Waals surface area contributed by atoms with Crippen molar-refractivity contribution in [2.24, 2.45) is 5.92 Å². The number of likely N-dealkylation sites (tertiary alicyclic amines) is 1. The number of hydrogen-bond donors (Lipinski definition) is 2. The molecule has 0 aliphatic carbocycles. The van der Waals surface area contributed by atoms with Crippen molar-refractivity contribution in [1.82, 2.24) is 10.2 Å². The standard InChI is InChI=1S/C17H28N2O/c1-13(2)18-11-15-6-5-9-19(12-15)14(3)16-7-4-8-17(20)10-16/h4,7-8,10,13-15,18,20H,5-6,9,11-12H2,1-3H3. The van der Waals surface area contributed by atoms with Gasteiger partial charge in [0.2, 0.25) is 0 Å². The molecule has 112 valence electrons. The zero-order valence-corrected chi connectivity index (χ0v) is 13.0. The van der Waals surface area contributed by atoms with Crippen molar-refractivity contribution in [1.29, 1.82) is 0 Å². The SMILES string of the molecule is CC(C)NCC1CCCN(C(C)c2cccc(O)c2)C1. The summed E-state index contributed by atoms with van der Waals surface area (Å²) in [7, 11) is 0. The maximum Gasteiger partial charge on any atom is 0.115 e. The van der Waals surface area contributed by atoms with Gasteiger partial charge in [0.05, 0.1) is 0 Å². The summed E-state index contributed by atoms with van der Waals surface area (Å²) in [5.41, 5.74) is 1.21. The summed E-state index contributed by atoms with van der Waals surface area (Å²) in [4.78, 5) is 2.55. The van der Waals surface area contributed by atoms with Gasteiger partial charge in [-0.25, -0.2) is 0 Å². The minimum atomic E-state index is 0.365. The van der Waals surface area contributed by atoms with E-state index in [0.717, 1.165) is 25.6 Å². The van der Waals surface area contributed by atoms with Crippen molar-refractivity contribution in [3.63, 3.8) is 0 Å². The molecule has 2 unspecified atom stereocenters. The molecule has 1 aliphatic heterocycles. The van der Waals surface area contributed by atoms with Crippen LogP contribution >= 0.6 is 0 Å². The minimum absolute atomic E-state index is 0.365. The van der Waals surface area contributed by atoms with E-state index in [0.29, 0.717) is 17.8 Å². The first-order chi connectivity index (χ1) is 9.56. The van der Waals surface area contributed by atoms with Crippen LogP contribution in [0.5, 0.6) is 5.75 Å². The Balaban J connectivity index is 1.94. The number of phenols is 1. The van der Waals surface area contributed by atoms with Gasteiger partial charge in [-0.1, -0.05) is 26.0 Å². The van der Waals surface area contributed by atoms with E-state index in [-0.39, 0.29) is 0 Å². The van der Waals surface area contributed by atoms with Gasteiger partial charge < -0.3 is 10.4 Å². The summed E-state index contributed by atoms with van der Waals surface area (Å²) in [5, 5.41) is 13.2. The Hall–Kier alpha value is -1.06. The molecule has 2 N–H and O–H groups in total. The quantitative estimate of drug-likeness (QED) is 0.867. The highest BCUT2D eigenvalue weighted by molar-refractivity contribution is 5.29. The lowest BCUT2D eigenvalue weighted by Gasteiger charge is -2.37. The molecular formula is C17H28N2O. The van der Waals surface area contributed by atoms with Crippen LogP contribution in [0.4, 0.5) is 0 Å². The Kier molecular flexibility index (Phi) is 5.44. The van der Waals surface area contributed by atoms with E-state index in [1.165, 1.54) is 18.4 Å². The van der Waals surface area contributed by atoms with E-state index in [2.05, 4.69) is 37.1 Å². The molecule has 1 aromatic carbocycles. The largest absolute Gasteiger partial charge is 0.508 e. The molecule has 0 saturated carbocycles. The van der Waals surface area contributed by atoms with Crippen molar-refractivity contribution < 1.29 is 5.11 Å². The van der Waals surface area contributed by atoms with E-state index in [4.69, 9.17) is 0 Å². The molecule has 0 aromatic heterocycles. The maximum atomic E-state index is 9.63. The lowest BCUT2D eigenvalue weighted by atomic mass is 9.95. The molecule has 1 fully saturated rings. The van der Waals surface area contributed by atoms with Gasteiger partial charge in [0.15, 0.2) is 0 Å². The highest BCUT2D eigenvalue weighted by Crippen LogP contribution is 2.28. The smallest absolute Gasteiger partial charge is 0.115 e. The predicted octanol–water partition coefficient (Wildman–Crippen LogP) is 3.16. The molecule has 2 atom stereocenters. The van der Waals surface area contributed by atoms with Crippen molar-refractivity contribution in [2.45, 2.75) is 45.7 Å². The molecule has 20 heavy (non-hydrogen) atoms. The zero-order valence-electron chi connectivity index (χ0n) is 13.0. The molecule has 1 saturated heterocycles. The molecule has 2 rings (SSSR count). The van der Waals surface area contributed by atoms with E-state index in [9.17, 15) is 5.11 Å². The molecule has 0 spiro atoms. The molecule has 0 radical (unpaired) electrons. The molecule has 1 aromatic rings. The first-order valence-electron chi connectivity index (χ1n) is 7.82. The molecule has 0 bridgehead atoms. The number of phenolic OH excluding ortho intramolecular Hbond substituents is 1. The molecule has 1 heterocycles. The Labute approximate surface area is 123 Å². The molecule has 1 aliphatic rings. The van der Waals surface area contributed by atoms with Gasteiger partial charge in [0, 0.05) is 18.6 Å². The van der Waals surface area contributed by atoms with E-state index in [1.807, 2.05) is 12.1 Å². The van der Waals surface area contributed by atoms with Gasteiger partial charge in [-0.05, 0) is 56.5 Å². The van der Waals surface area contributed by atoms with Gasteiger partial charge in [-0.2, -0.15) is 0 Å². The second kappa shape index (κ2) is 7.09. The topological polar surface area (TPSA) is 35.5 Å². The van der Waals surface area contributed by atoms with Crippen LogP contribution in [0.25, 0.3) is 0 Å². The van der Waals surface area contributed by atoms with Gasteiger partial charge in [-0.15, -0.1) is 0 Å². The summed E-state index contributed by atoms with van der Waals surface area (Å²) in [6.07, 6.45) is 2.59. The number of nitrogens with one attached hydrogen (secondary N) is 1. The third kappa shape index (κ3) is 4.22. The van der Waals surface area contributed by atoms with Crippen LogP contribution in [-0.2, 0) is 0 Å². The predicted molar refractivity (Wildman–Crippen MR) is 84.0 cm³/mol. The van der Waals surface area contributed by atoms with Gasteiger partial charge in [0.25, 0.3) is 0 Å². The van der Waals surface area contributed by atoms with E-state index < -0.39 is 0 Å². The summed E-state index contributed by atoms with van der Waals surface area (Å²) >= 11 is 0. The highest BCUT2D eigenvalue weighted by atomic mass is 16.3. The Morgan fingerprint density at radius 1 is 1.35 bits per heavy atom. The number of rotatable bonds is 5. The van der Waals surface area contributed by atoms with Gasteiger partial charge in [-0.3, -0.25) is 4.90 Å². The normalized spacial score (nSPS) is 22.1. The number of hydrogen-bond acceptors (Lipinski definition) is 3. The fourth-order valence-electron chi connectivity index (χ4n) is 3.01. The zero-order chi connectivity index (χ0) is 14.5. The monoisotopic (exact) mass is 276 g/mol. The summed E-state index contributed by atoms with van der Waals surface area (Å²) < 4.78 is 0. The average Bonchev–Trinajstić information content (AvgIpc) is 2.44. The van der Waals surface area contributed by atoms with Crippen molar-refractivity contribution >= 4 is 0 Å². The second-order valence-electron chi connectivity index (χ2n) is 6.34. The van der Waals surface area contributed by atoms with E-state index in [1.54, 1.807) is 6.07 Å². The van der Waals surface area contributed by atoms with Crippen LogP contribution in [-0.4, -0.2) is 35.7 Å². The number of aromatic hydroxyl groups is 1. The number of piperidine rings is 1. The third-order valence-electron chi connectivity index (χ3n) is 4.27. The average molecular weight is 276 g/mol. The van der Waals surface area contributed by atoms with Crippen LogP contribution in [0.15, 0.2) is 24.3 Å². The Morgan fingerprint density at radius 2 is 2.15 bits per heavy atom. The van der Waals surface area contributed by atoms with E-state index >= 15 is 0 Å². The van der Waals surface area contributed by atoms with Crippen molar-refractivity contribution in [2.75, 3.05) is 19.6 Å². The van der Waals surface area contributed by atoms with Crippen LogP contribution in [0, 0.1) is 5.92 Å². The molecular weight excluding hydrogens is 248 g/mol. The number of benzene rings is 1. The molecule has 3 nitrogen and oxygen atoms in total. The van der Waals surface area contributed by atoms with Gasteiger partial charge >= 0.3 is 0 Å². The summed E-state index contributed by atoms with van der Waals surface area (Å²) in [6, 6.07) is 8.61. The molecule has 0 amide bonds. The second-order valence-corrected chi connectivity index (χ2v) is 6.34. The summed E-state index contributed by atoms with van der Waals surface area (Å²) in [5.74, 6) is 1.11. The highest BCUT2D eigenvalue weighted by Gasteiger charge is 2.24. The van der Waals surface area contributed by atoms with Crippen LogP contribution in [0.2, 0.25) is 0 Å². The van der Waals surface area contributed by atoms with Crippen molar-refractivity contribution in [3.8, 4) is 5.75 Å². The Morgan fingerprint density at radius 3 is 2.85 bits per heavy atom. The maximum absolute atomic E-state index is 9.63. The van der Waals surface area contributed by atoms with Crippen LogP contribution in [0.3, 0.4) is 0 Å². The lowest BCUT2D eigenvalue weighted by molar-refractivity contribution is 0.129. The first-order valence-corrected chi connectivity index (χ1v) is 7.82. The number of nitrogens with zero attached hydrogens (tertiary/aromatic N) is 1. The first kappa shape index (κ1) is 15.3. The Bertz CT molecular complexity index is 419. The van der Waals surface area contributed by atoms with Crippen LogP contribution < -0.4 is 5.32 Å². The minimum Gasteiger partial charge on any atom is -0.508 e. The third-order valence-corrected chi connectivity index (χ3v) is 4.27. The van der Waals surface area contributed by atoms with Crippen molar-refractivity contribution in [3.05, 3.63) is 29.8 Å². The van der Waals surface area contributed by atoms with Crippen LogP contribution in [0.1, 0.15) is 45.2 Å². The summed E-state index contributed by atoms with van der Waals surface area (Å²) in [6.45, 7) is 10.1. The fourth-order valence-corrected chi connectivity index (χ4v) is 3.01. The van der Waals surface area contributed by atoms with Gasteiger partial charge in [0.1, 0.15) is 5.75 Å². The lowest BCUT2D eigenvalue weighted by Crippen LogP contribution is -2.41. The molecule has 3 heteroatoms. The fraction of sp³-hybridized carbons (Fsp3) is 0.647.